The lowest BCUT2D eigenvalue weighted by Gasteiger charge is -2.25. The number of carbonyl (C=O) groups excluding carboxylic acids is 1. The summed E-state index contributed by atoms with van der Waals surface area (Å²) in [6.07, 6.45) is 0.265. The molecule has 9 nitrogen and oxygen atoms in total. The molecule has 3 heterocycles. The number of fused-ring (bicyclic) bond motifs is 1. The van der Waals surface area contributed by atoms with Crippen LogP contribution in [0.2, 0.25) is 0 Å². The lowest BCUT2D eigenvalue weighted by molar-refractivity contribution is -0.116. The zero-order chi connectivity index (χ0) is 21.4. The molecule has 30 heavy (non-hydrogen) atoms. The molecular weight excluding hydrogens is 386 g/mol. The average Bonchev–Trinajstić information content (AvgIpc) is 3.03. The summed E-state index contributed by atoms with van der Waals surface area (Å²) in [6.45, 7) is 5.79. The zero-order valence-corrected chi connectivity index (χ0v) is 17.2. The van der Waals surface area contributed by atoms with Gasteiger partial charge in [0.1, 0.15) is 5.82 Å². The van der Waals surface area contributed by atoms with Crippen molar-refractivity contribution < 1.29 is 14.3 Å². The van der Waals surface area contributed by atoms with Gasteiger partial charge in [-0.1, -0.05) is 6.07 Å². The van der Waals surface area contributed by atoms with Crippen molar-refractivity contribution in [3.05, 3.63) is 57.5 Å². The molecule has 1 atom stereocenters. The first-order chi connectivity index (χ1) is 14.4. The van der Waals surface area contributed by atoms with E-state index < -0.39 is 0 Å². The van der Waals surface area contributed by atoms with Crippen LogP contribution >= 0.6 is 0 Å². The number of hydrogen-bond donors (Lipinski definition) is 2. The van der Waals surface area contributed by atoms with Gasteiger partial charge in [-0.15, -0.1) is 0 Å². The van der Waals surface area contributed by atoms with Crippen molar-refractivity contribution in [1.29, 1.82) is 0 Å². The molecule has 1 aliphatic rings. The fourth-order valence-electron chi connectivity index (χ4n) is 3.71. The highest BCUT2D eigenvalue weighted by Crippen LogP contribution is 2.42. The van der Waals surface area contributed by atoms with Gasteiger partial charge in [0.2, 0.25) is 5.91 Å². The first-order valence-electron chi connectivity index (χ1n) is 9.67. The Morgan fingerprint density at radius 3 is 2.63 bits per heavy atom. The molecule has 0 spiro atoms. The maximum Gasteiger partial charge on any atom is 0.264 e. The predicted molar refractivity (Wildman–Crippen MR) is 111 cm³/mol. The summed E-state index contributed by atoms with van der Waals surface area (Å²) in [5.74, 6) is 1.91. The number of aromatic nitrogens is 4. The molecule has 0 saturated carbocycles. The van der Waals surface area contributed by atoms with E-state index in [1.54, 1.807) is 17.9 Å². The van der Waals surface area contributed by atoms with E-state index in [4.69, 9.17) is 9.47 Å². The van der Waals surface area contributed by atoms with E-state index in [-0.39, 0.29) is 29.9 Å². The Morgan fingerprint density at radius 2 is 1.97 bits per heavy atom. The summed E-state index contributed by atoms with van der Waals surface area (Å²) in [5, 5.41) is 13.9. The second-order valence-corrected chi connectivity index (χ2v) is 7.42. The molecule has 0 bridgehead atoms. The Balaban J connectivity index is 1.82. The van der Waals surface area contributed by atoms with E-state index in [1.807, 2.05) is 39.0 Å². The second kappa shape index (κ2) is 7.66. The molecule has 9 heteroatoms. The minimum atomic E-state index is -0.311. The largest absolute Gasteiger partial charge is 0.493 e. The number of hydrogen-bond acceptors (Lipinski definition) is 6. The third-order valence-corrected chi connectivity index (χ3v) is 4.94. The van der Waals surface area contributed by atoms with E-state index >= 15 is 0 Å². The lowest BCUT2D eigenvalue weighted by Crippen LogP contribution is -2.25. The Hall–Kier alpha value is -3.62. The summed E-state index contributed by atoms with van der Waals surface area (Å²) in [4.78, 5) is 23.9. The highest BCUT2D eigenvalue weighted by molar-refractivity contribution is 5.95. The van der Waals surface area contributed by atoms with Gasteiger partial charge in [0.25, 0.3) is 5.56 Å². The van der Waals surface area contributed by atoms with Crippen LogP contribution in [0.5, 0.6) is 11.5 Å². The highest BCUT2D eigenvalue weighted by Gasteiger charge is 2.33. The Kier molecular flexibility index (Phi) is 5.03. The van der Waals surface area contributed by atoms with Crippen LogP contribution < -0.4 is 20.3 Å². The van der Waals surface area contributed by atoms with Crippen molar-refractivity contribution in [2.24, 2.45) is 0 Å². The molecule has 0 radical (unpaired) electrons. The quantitative estimate of drug-likeness (QED) is 0.670. The van der Waals surface area contributed by atoms with E-state index in [0.717, 1.165) is 16.8 Å². The van der Waals surface area contributed by atoms with Gasteiger partial charge in [0.15, 0.2) is 17.3 Å². The van der Waals surface area contributed by atoms with Gasteiger partial charge < -0.3 is 14.8 Å². The summed E-state index contributed by atoms with van der Waals surface area (Å²) < 4.78 is 12.9. The van der Waals surface area contributed by atoms with Gasteiger partial charge in [0, 0.05) is 24.0 Å². The zero-order valence-electron chi connectivity index (χ0n) is 17.2. The number of nitrogens with one attached hydrogen (secondary N) is 2. The van der Waals surface area contributed by atoms with Gasteiger partial charge in [-0.25, -0.2) is 5.10 Å². The van der Waals surface area contributed by atoms with Gasteiger partial charge in [-0.2, -0.15) is 14.9 Å². The molecule has 0 unspecified atom stereocenters. The molecule has 1 aromatic carbocycles. The number of nitrogens with zero attached hydrogens (tertiary/aromatic N) is 3. The number of carbonyl (C=O) groups is 1. The van der Waals surface area contributed by atoms with Crippen LogP contribution in [-0.4, -0.2) is 39.1 Å². The number of anilines is 1. The molecule has 156 valence electrons. The summed E-state index contributed by atoms with van der Waals surface area (Å²) in [6, 6.07) is 8.63. The Bertz CT molecular complexity index is 1140. The monoisotopic (exact) mass is 409 g/mol. The highest BCUT2D eigenvalue weighted by atomic mass is 16.5. The van der Waals surface area contributed by atoms with Crippen LogP contribution in [0.15, 0.2) is 35.1 Å². The van der Waals surface area contributed by atoms with Crippen molar-refractivity contribution in [2.75, 3.05) is 12.4 Å². The van der Waals surface area contributed by atoms with Gasteiger partial charge >= 0.3 is 0 Å². The maximum absolute atomic E-state index is 12.6. The molecule has 2 N–H and O–H groups in total. The van der Waals surface area contributed by atoms with Crippen LogP contribution in [0.4, 0.5) is 5.82 Å². The van der Waals surface area contributed by atoms with Crippen molar-refractivity contribution in [3.8, 4) is 17.3 Å². The standard InChI is InChI=1S/C21H23N5O4/c1-11(2)30-16-9-13(5-6-15(16)29-4)14-10-19(28)22-21-20(14)12(3)25-26(21)17-7-8-18(27)24-23-17/h5-9,11,14H,10H2,1-4H3,(H,22,28)(H,24,27)/t14-/m0/s1. The number of aryl methyl sites for hydroxylation is 1. The third kappa shape index (κ3) is 3.54. The number of amides is 1. The van der Waals surface area contributed by atoms with E-state index in [1.165, 1.54) is 6.07 Å². The van der Waals surface area contributed by atoms with Gasteiger partial charge in [-0.3, -0.25) is 9.59 Å². The smallest absolute Gasteiger partial charge is 0.264 e. The first kappa shape index (κ1) is 19.7. The molecule has 0 fully saturated rings. The molecular formula is C21H23N5O4. The molecule has 3 aromatic rings. The fraction of sp³-hybridized carbons (Fsp3) is 0.333. The minimum absolute atomic E-state index is 0.0184. The first-order valence-corrected chi connectivity index (χ1v) is 9.67. The lowest BCUT2D eigenvalue weighted by atomic mass is 9.85. The molecule has 0 saturated heterocycles. The number of aromatic amines is 1. The molecule has 1 aliphatic heterocycles. The van der Waals surface area contributed by atoms with Crippen molar-refractivity contribution in [1.82, 2.24) is 20.0 Å². The van der Waals surface area contributed by atoms with Crippen molar-refractivity contribution >= 4 is 11.7 Å². The van der Waals surface area contributed by atoms with Crippen LogP contribution in [-0.2, 0) is 4.79 Å². The SMILES string of the molecule is COc1ccc([C@@H]2CC(=O)Nc3c2c(C)nn3-c2ccc(=O)[nH]n2)cc1OC(C)C. The van der Waals surface area contributed by atoms with Crippen LogP contribution in [0, 0.1) is 6.92 Å². The number of methoxy groups -OCH3 is 1. The van der Waals surface area contributed by atoms with Crippen LogP contribution in [0.1, 0.15) is 43.0 Å². The molecule has 4 rings (SSSR count). The molecule has 2 aromatic heterocycles. The summed E-state index contributed by atoms with van der Waals surface area (Å²) in [7, 11) is 1.60. The summed E-state index contributed by atoms with van der Waals surface area (Å²) in [5.41, 5.74) is 2.29. The predicted octanol–water partition coefficient (Wildman–Crippen LogP) is 2.53. The Morgan fingerprint density at radius 1 is 1.17 bits per heavy atom. The molecule has 0 aliphatic carbocycles. The summed E-state index contributed by atoms with van der Waals surface area (Å²) >= 11 is 0. The molecule has 1 amide bonds. The number of rotatable bonds is 5. The maximum atomic E-state index is 12.6. The van der Waals surface area contributed by atoms with Gasteiger partial charge in [0.05, 0.1) is 18.9 Å². The fourth-order valence-corrected chi connectivity index (χ4v) is 3.71. The van der Waals surface area contributed by atoms with Crippen molar-refractivity contribution in [3.63, 3.8) is 0 Å². The number of ether oxygens (including phenoxy) is 2. The number of H-pyrrole nitrogens is 1. The van der Waals surface area contributed by atoms with Crippen molar-refractivity contribution in [2.45, 2.75) is 39.2 Å². The number of benzene rings is 1. The van der Waals surface area contributed by atoms with Crippen LogP contribution in [0.3, 0.4) is 0 Å². The third-order valence-electron chi connectivity index (χ3n) is 4.94. The van der Waals surface area contributed by atoms with E-state index in [9.17, 15) is 9.59 Å². The van der Waals surface area contributed by atoms with Crippen LogP contribution in [0.25, 0.3) is 5.82 Å². The normalized spacial score (nSPS) is 15.6. The minimum Gasteiger partial charge on any atom is -0.493 e. The Labute approximate surface area is 173 Å². The van der Waals surface area contributed by atoms with E-state index in [0.29, 0.717) is 23.1 Å². The van der Waals surface area contributed by atoms with E-state index in [2.05, 4.69) is 20.6 Å². The topological polar surface area (TPSA) is 111 Å². The second-order valence-electron chi connectivity index (χ2n) is 7.42. The average molecular weight is 409 g/mol. The van der Waals surface area contributed by atoms with Gasteiger partial charge in [-0.05, 0) is 44.5 Å².